The van der Waals surface area contributed by atoms with Crippen molar-refractivity contribution in [2.75, 3.05) is 20.3 Å². The Bertz CT molecular complexity index is 495. The molecule has 0 fully saturated rings. The molecule has 0 saturated heterocycles. The first kappa shape index (κ1) is 13.4. The number of carbonyl (C=O) groups is 2. The van der Waals surface area contributed by atoms with Crippen molar-refractivity contribution in [3.63, 3.8) is 0 Å². The van der Waals surface area contributed by atoms with Gasteiger partial charge in [-0.2, -0.15) is 0 Å². The Hall–Kier alpha value is -2.04. The van der Waals surface area contributed by atoms with Crippen LogP contribution >= 0.6 is 0 Å². The van der Waals surface area contributed by atoms with Crippen LogP contribution in [0.3, 0.4) is 0 Å². The molecule has 0 unspecified atom stereocenters. The van der Waals surface area contributed by atoms with Crippen LogP contribution in [-0.4, -0.2) is 32.1 Å². The summed E-state index contributed by atoms with van der Waals surface area (Å²) in [6.07, 6.45) is 0.0450. The van der Waals surface area contributed by atoms with E-state index in [9.17, 15) is 9.59 Å². The number of esters is 1. The van der Waals surface area contributed by atoms with Gasteiger partial charge in [0.1, 0.15) is 11.5 Å². The van der Waals surface area contributed by atoms with Crippen molar-refractivity contribution in [1.29, 1.82) is 0 Å². The van der Waals surface area contributed by atoms with Crippen molar-refractivity contribution in [3.8, 4) is 11.5 Å². The minimum atomic E-state index is -0.487. The molecule has 1 aromatic rings. The van der Waals surface area contributed by atoms with Crippen LogP contribution in [0.2, 0.25) is 0 Å². The Morgan fingerprint density at radius 1 is 1.47 bits per heavy atom. The maximum atomic E-state index is 12.3. The van der Waals surface area contributed by atoms with Gasteiger partial charge in [-0.25, -0.2) is 0 Å². The number of hydrogen-bond donors (Lipinski definition) is 0. The quantitative estimate of drug-likeness (QED) is 0.776. The zero-order valence-electron chi connectivity index (χ0n) is 11.0. The summed E-state index contributed by atoms with van der Waals surface area (Å²) in [6.45, 7) is 2.25. The predicted octanol–water partition coefficient (Wildman–Crippen LogP) is 1.84. The van der Waals surface area contributed by atoms with E-state index in [4.69, 9.17) is 14.2 Å². The van der Waals surface area contributed by atoms with Crippen LogP contribution in [0, 0.1) is 5.92 Å². The molecule has 2 rings (SSSR count). The fourth-order valence-corrected chi connectivity index (χ4v) is 2.01. The number of rotatable bonds is 4. The molecule has 1 heterocycles. The molecular formula is C14H16O5. The Balaban J connectivity index is 2.16. The van der Waals surface area contributed by atoms with Crippen LogP contribution in [0.25, 0.3) is 0 Å². The van der Waals surface area contributed by atoms with E-state index in [1.807, 2.05) is 0 Å². The molecule has 0 saturated carbocycles. The lowest BCUT2D eigenvalue weighted by Crippen LogP contribution is -2.30. The van der Waals surface area contributed by atoms with Crippen LogP contribution < -0.4 is 9.47 Å². The van der Waals surface area contributed by atoms with E-state index in [-0.39, 0.29) is 24.8 Å². The summed E-state index contributed by atoms with van der Waals surface area (Å²) in [7, 11) is 1.53. The molecule has 1 aliphatic rings. The summed E-state index contributed by atoms with van der Waals surface area (Å²) in [5.41, 5.74) is 0.458. The second-order valence-corrected chi connectivity index (χ2v) is 4.24. The van der Waals surface area contributed by atoms with Crippen LogP contribution in [0.5, 0.6) is 11.5 Å². The third-order valence-corrected chi connectivity index (χ3v) is 2.98. The monoisotopic (exact) mass is 264 g/mol. The zero-order valence-corrected chi connectivity index (χ0v) is 11.0. The minimum absolute atomic E-state index is 0.0450. The maximum absolute atomic E-state index is 12.3. The molecule has 5 heteroatoms. The highest BCUT2D eigenvalue weighted by Crippen LogP contribution is 2.31. The number of ether oxygens (including phenoxy) is 3. The lowest BCUT2D eigenvalue weighted by atomic mass is 9.92. The Labute approximate surface area is 111 Å². The Morgan fingerprint density at radius 2 is 2.26 bits per heavy atom. The van der Waals surface area contributed by atoms with E-state index in [1.54, 1.807) is 25.1 Å². The van der Waals surface area contributed by atoms with Gasteiger partial charge in [0.05, 0.1) is 38.2 Å². The van der Waals surface area contributed by atoms with Crippen LogP contribution in [0.15, 0.2) is 18.2 Å². The summed E-state index contributed by atoms with van der Waals surface area (Å²) < 4.78 is 15.4. The number of carbonyl (C=O) groups excluding carboxylic acids is 2. The van der Waals surface area contributed by atoms with E-state index in [0.29, 0.717) is 23.7 Å². The molecule has 5 nitrogen and oxygen atoms in total. The third-order valence-electron chi connectivity index (χ3n) is 2.98. The molecule has 0 amide bonds. The van der Waals surface area contributed by atoms with E-state index in [0.717, 1.165) is 0 Å². The summed E-state index contributed by atoms with van der Waals surface area (Å²) >= 11 is 0. The molecule has 0 bridgehead atoms. The van der Waals surface area contributed by atoms with Crippen LogP contribution in [0.4, 0.5) is 0 Å². The van der Waals surface area contributed by atoms with Gasteiger partial charge in [-0.05, 0) is 25.1 Å². The lowest BCUT2D eigenvalue weighted by Gasteiger charge is -2.23. The van der Waals surface area contributed by atoms with E-state index in [2.05, 4.69) is 0 Å². The number of ketones is 1. The molecule has 102 valence electrons. The van der Waals surface area contributed by atoms with E-state index < -0.39 is 5.92 Å². The first-order valence-electron chi connectivity index (χ1n) is 6.16. The fourth-order valence-electron chi connectivity index (χ4n) is 2.01. The van der Waals surface area contributed by atoms with E-state index >= 15 is 0 Å². The highest BCUT2D eigenvalue weighted by Gasteiger charge is 2.31. The molecule has 0 N–H and O–H groups in total. The van der Waals surface area contributed by atoms with Gasteiger partial charge >= 0.3 is 5.97 Å². The molecule has 1 aromatic carbocycles. The second-order valence-electron chi connectivity index (χ2n) is 4.24. The summed E-state index contributed by atoms with van der Waals surface area (Å²) in [5, 5.41) is 0. The second kappa shape index (κ2) is 5.73. The van der Waals surface area contributed by atoms with Gasteiger partial charge in [0.25, 0.3) is 0 Å². The fraction of sp³-hybridized carbons (Fsp3) is 0.429. The number of Topliss-reactive ketones (excluding diaryl/α,β-unsaturated/α-hetero) is 1. The first-order chi connectivity index (χ1) is 9.15. The van der Waals surface area contributed by atoms with Crippen molar-refractivity contribution in [2.24, 2.45) is 5.92 Å². The number of fused-ring (bicyclic) bond motifs is 1. The molecular weight excluding hydrogens is 248 g/mol. The van der Waals surface area contributed by atoms with Gasteiger partial charge < -0.3 is 14.2 Å². The molecule has 19 heavy (non-hydrogen) atoms. The van der Waals surface area contributed by atoms with Crippen molar-refractivity contribution in [2.45, 2.75) is 13.3 Å². The van der Waals surface area contributed by atoms with Crippen molar-refractivity contribution >= 4 is 11.8 Å². The lowest BCUT2D eigenvalue weighted by molar-refractivity contribution is -0.144. The smallest absolute Gasteiger partial charge is 0.306 e. The van der Waals surface area contributed by atoms with Crippen molar-refractivity contribution in [3.05, 3.63) is 23.8 Å². The van der Waals surface area contributed by atoms with Gasteiger partial charge in [-0.15, -0.1) is 0 Å². The zero-order chi connectivity index (χ0) is 13.8. The van der Waals surface area contributed by atoms with Crippen molar-refractivity contribution < 1.29 is 23.8 Å². The normalized spacial score (nSPS) is 17.4. The van der Waals surface area contributed by atoms with Gasteiger partial charge in [0.2, 0.25) is 0 Å². The highest BCUT2D eigenvalue weighted by molar-refractivity contribution is 6.03. The number of hydrogen-bond acceptors (Lipinski definition) is 5. The molecule has 1 aliphatic heterocycles. The van der Waals surface area contributed by atoms with Gasteiger partial charge in [-0.3, -0.25) is 9.59 Å². The van der Waals surface area contributed by atoms with Crippen molar-refractivity contribution in [1.82, 2.24) is 0 Å². The van der Waals surface area contributed by atoms with Gasteiger partial charge in [-0.1, -0.05) is 0 Å². The summed E-state index contributed by atoms with van der Waals surface area (Å²) in [5.74, 6) is 0.154. The summed E-state index contributed by atoms with van der Waals surface area (Å²) in [6, 6.07) is 5.07. The molecule has 1 atom stereocenters. The summed E-state index contributed by atoms with van der Waals surface area (Å²) in [4.78, 5) is 23.7. The third kappa shape index (κ3) is 2.86. The van der Waals surface area contributed by atoms with Gasteiger partial charge in [0, 0.05) is 0 Å². The number of benzene rings is 1. The minimum Gasteiger partial charge on any atom is -0.497 e. The van der Waals surface area contributed by atoms with Crippen LogP contribution in [0.1, 0.15) is 23.7 Å². The predicted molar refractivity (Wildman–Crippen MR) is 67.6 cm³/mol. The van der Waals surface area contributed by atoms with Crippen LogP contribution in [-0.2, 0) is 9.53 Å². The average molecular weight is 264 g/mol. The number of methoxy groups -OCH3 is 1. The topological polar surface area (TPSA) is 61.8 Å². The molecule has 0 aliphatic carbocycles. The molecule has 0 aromatic heterocycles. The van der Waals surface area contributed by atoms with E-state index in [1.165, 1.54) is 7.11 Å². The molecule has 0 radical (unpaired) electrons. The standard InChI is InChI=1S/C14H16O5/c1-3-18-13(15)6-9-8-19-12-5-4-10(17-2)7-11(12)14(9)16/h4-5,7,9H,3,6,8H2,1-2H3/t9-/m1/s1. The first-order valence-corrected chi connectivity index (χ1v) is 6.16. The average Bonchev–Trinajstić information content (AvgIpc) is 2.42. The largest absolute Gasteiger partial charge is 0.497 e. The Morgan fingerprint density at radius 3 is 2.95 bits per heavy atom. The molecule has 0 spiro atoms. The maximum Gasteiger partial charge on any atom is 0.306 e. The van der Waals surface area contributed by atoms with Gasteiger partial charge in [0.15, 0.2) is 5.78 Å². The Kier molecular flexibility index (Phi) is 4.04. The highest BCUT2D eigenvalue weighted by atomic mass is 16.5. The SMILES string of the molecule is CCOC(=O)C[C@@H]1COc2ccc(OC)cc2C1=O.